The highest BCUT2D eigenvalue weighted by molar-refractivity contribution is 6.30. The van der Waals surface area contributed by atoms with Gasteiger partial charge in [0.2, 0.25) is 0 Å². The minimum atomic E-state index is -0.680. The number of hydrogen-bond donors (Lipinski definition) is 1. The van der Waals surface area contributed by atoms with E-state index < -0.39 is 11.4 Å². The molecule has 20 heavy (non-hydrogen) atoms. The molecule has 0 aliphatic carbocycles. The Kier molecular flexibility index (Phi) is 6.86. The van der Waals surface area contributed by atoms with E-state index in [9.17, 15) is 9.90 Å². The first kappa shape index (κ1) is 16.8. The largest absolute Gasteiger partial charge is 0.494 e. The lowest BCUT2D eigenvalue weighted by atomic mass is 9.78. The monoisotopic (exact) mass is 298 g/mol. The molecular formula is C16H23ClO3. The maximum atomic E-state index is 11.4. The molecule has 0 aromatic heterocycles. The highest BCUT2D eigenvalue weighted by Crippen LogP contribution is 2.32. The van der Waals surface area contributed by atoms with E-state index >= 15 is 0 Å². The van der Waals surface area contributed by atoms with Crippen molar-refractivity contribution in [1.29, 1.82) is 0 Å². The molecule has 1 aromatic carbocycles. The Morgan fingerprint density at radius 2 is 1.80 bits per heavy atom. The molecule has 0 radical (unpaired) electrons. The van der Waals surface area contributed by atoms with Gasteiger partial charge in [0.05, 0.1) is 12.0 Å². The number of unbranched alkanes of at least 4 members (excludes halogenated alkanes) is 1. The summed E-state index contributed by atoms with van der Waals surface area (Å²) in [6, 6.07) is 7.25. The van der Waals surface area contributed by atoms with Crippen LogP contribution in [0.1, 0.15) is 46.0 Å². The van der Waals surface area contributed by atoms with E-state index in [1.807, 2.05) is 26.0 Å². The first-order chi connectivity index (χ1) is 9.54. The first-order valence-corrected chi connectivity index (χ1v) is 7.53. The van der Waals surface area contributed by atoms with Gasteiger partial charge in [0.15, 0.2) is 0 Å². The topological polar surface area (TPSA) is 46.5 Å². The fourth-order valence-electron chi connectivity index (χ4n) is 2.30. The van der Waals surface area contributed by atoms with Gasteiger partial charge in [-0.15, -0.1) is 0 Å². The number of carbonyl (C=O) groups is 1. The van der Waals surface area contributed by atoms with Crippen molar-refractivity contribution in [1.82, 2.24) is 0 Å². The zero-order valence-electron chi connectivity index (χ0n) is 12.2. The summed E-state index contributed by atoms with van der Waals surface area (Å²) in [4.78, 5) is 11.4. The molecule has 0 aliphatic rings. The lowest BCUT2D eigenvalue weighted by Crippen LogP contribution is -2.29. The zero-order chi connectivity index (χ0) is 15.0. The van der Waals surface area contributed by atoms with E-state index in [0.29, 0.717) is 30.9 Å². The van der Waals surface area contributed by atoms with Crippen molar-refractivity contribution in [2.45, 2.75) is 46.0 Å². The minimum Gasteiger partial charge on any atom is -0.494 e. The molecule has 1 rings (SSSR count). The van der Waals surface area contributed by atoms with Crippen molar-refractivity contribution in [3.05, 3.63) is 29.3 Å². The maximum Gasteiger partial charge on any atom is 0.309 e. The first-order valence-electron chi connectivity index (χ1n) is 7.16. The van der Waals surface area contributed by atoms with E-state index in [1.54, 1.807) is 12.1 Å². The molecule has 0 heterocycles. The van der Waals surface area contributed by atoms with Gasteiger partial charge in [-0.05, 0) is 56.4 Å². The van der Waals surface area contributed by atoms with Gasteiger partial charge >= 0.3 is 5.97 Å². The summed E-state index contributed by atoms with van der Waals surface area (Å²) in [5, 5.41) is 10.0. The van der Waals surface area contributed by atoms with Crippen molar-refractivity contribution in [3.63, 3.8) is 0 Å². The van der Waals surface area contributed by atoms with Crippen LogP contribution in [0.4, 0.5) is 0 Å². The summed E-state index contributed by atoms with van der Waals surface area (Å²) >= 11 is 5.80. The molecule has 0 unspecified atom stereocenters. The fraction of sp³-hybridized carbons (Fsp3) is 0.562. The standard InChI is InChI=1S/C16H23ClO3/c1-3-16(4-2,15(18)19)11-5-6-12-20-14-9-7-13(17)8-10-14/h7-10H,3-6,11-12H2,1-2H3,(H,18,19). The predicted octanol–water partition coefficient (Wildman–Crippen LogP) is 4.78. The number of rotatable bonds is 9. The third-order valence-corrected chi connectivity index (χ3v) is 4.19. The number of halogens is 1. The number of ether oxygens (including phenoxy) is 1. The fourth-order valence-corrected chi connectivity index (χ4v) is 2.43. The number of carboxylic acids is 1. The second kappa shape index (κ2) is 8.15. The van der Waals surface area contributed by atoms with Crippen molar-refractivity contribution in [2.24, 2.45) is 5.41 Å². The highest BCUT2D eigenvalue weighted by atomic mass is 35.5. The Bertz CT molecular complexity index is 410. The molecule has 1 N–H and O–H groups in total. The molecule has 3 nitrogen and oxygen atoms in total. The summed E-state index contributed by atoms with van der Waals surface area (Å²) in [7, 11) is 0. The molecule has 112 valence electrons. The molecule has 0 saturated heterocycles. The van der Waals surface area contributed by atoms with Crippen LogP contribution in [0.2, 0.25) is 5.02 Å². The summed E-state index contributed by atoms with van der Waals surface area (Å²) in [6.45, 7) is 4.49. The average Bonchev–Trinajstić information content (AvgIpc) is 2.45. The van der Waals surface area contributed by atoms with Gasteiger partial charge in [0.1, 0.15) is 5.75 Å². The van der Waals surface area contributed by atoms with Crippen LogP contribution in [0.5, 0.6) is 5.75 Å². The number of hydrogen-bond acceptors (Lipinski definition) is 2. The summed E-state index contributed by atoms with van der Waals surface area (Å²) in [6.07, 6.45) is 3.78. The molecule has 0 atom stereocenters. The quantitative estimate of drug-likeness (QED) is 0.667. The van der Waals surface area contributed by atoms with Crippen molar-refractivity contribution < 1.29 is 14.6 Å². The average molecular weight is 299 g/mol. The van der Waals surface area contributed by atoms with Crippen LogP contribution in [-0.2, 0) is 4.79 Å². The number of benzene rings is 1. The Morgan fingerprint density at radius 1 is 1.20 bits per heavy atom. The lowest BCUT2D eigenvalue weighted by molar-refractivity contribution is -0.150. The summed E-state index contributed by atoms with van der Waals surface area (Å²) in [5.74, 6) is 0.117. The molecule has 0 saturated carbocycles. The van der Waals surface area contributed by atoms with Crippen molar-refractivity contribution in [3.8, 4) is 5.75 Å². The van der Waals surface area contributed by atoms with E-state index in [4.69, 9.17) is 16.3 Å². The van der Waals surface area contributed by atoms with Gasteiger partial charge in [-0.2, -0.15) is 0 Å². The Hall–Kier alpha value is -1.22. The van der Waals surface area contributed by atoms with Crippen molar-refractivity contribution in [2.75, 3.05) is 6.61 Å². The smallest absolute Gasteiger partial charge is 0.309 e. The van der Waals surface area contributed by atoms with Gasteiger partial charge in [0, 0.05) is 5.02 Å². The molecule has 0 fully saturated rings. The third kappa shape index (κ3) is 4.71. The highest BCUT2D eigenvalue weighted by Gasteiger charge is 2.33. The zero-order valence-corrected chi connectivity index (χ0v) is 12.9. The normalized spacial score (nSPS) is 11.3. The second-order valence-electron chi connectivity index (χ2n) is 5.05. The minimum absolute atomic E-state index is 0.569. The molecule has 0 spiro atoms. The Balaban J connectivity index is 2.30. The Morgan fingerprint density at radius 3 is 2.30 bits per heavy atom. The number of carboxylic acid groups (broad SMARTS) is 1. The van der Waals surface area contributed by atoms with Gasteiger partial charge in [-0.1, -0.05) is 25.4 Å². The third-order valence-electron chi connectivity index (χ3n) is 3.94. The van der Waals surface area contributed by atoms with Crippen LogP contribution in [0.3, 0.4) is 0 Å². The van der Waals surface area contributed by atoms with Gasteiger partial charge in [-0.3, -0.25) is 4.79 Å². The summed E-state index contributed by atoms with van der Waals surface area (Å²) in [5.41, 5.74) is -0.569. The van der Waals surface area contributed by atoms with Crippen molar-refractivity contribution >= 4 is 17.6 Å². The van der Waals surface area contributed by atoms with E-state index in [-0.39, 0.29) is 0 Å². The van der Waals surface area contributed by atoms with Crippen LogP contribution in [0.25, 0.3) is 0 Å². The molecule has 0 bridgehead atoms. The summed E-state index contributed by atoms with van der Waals surface area (Å²) < 4.78 is 5.60. The molecule has 4 heteroatoms. The Labute approximate surface area is 125 Å². The molecule has 0 aliphatic heterocycles. The molecule has 0 amide bonds. The maximum absolute atomic E-state index is 11.4. The molecular weight excluding hydrogens is 276 g/mol. The van der Waals surface area contributed by atoms with E-state index in [2.05, 4.69) is 0 Å². The van der Waals surface area contributed by atoms with Crippen LogP contribution < -0.4 is 4.74 Å². The number of aliphatic carboxylic acids is 1. The van der Waals surface area contributed by atoms with Gasteiger partial charge < -0.3 is 9.84 Å². The van der Waals surface area contributed by atoms with Crippen LogP contribution >= 0.6 is 11.6 Å². The SMILES string of the molecule is CCC(CC)(CCCCOc1ccc(Cl)cc1)C(=O)O. The van der Waals surface area contributed by atoms with E-state index in [1.165, 1.54) is 0 Å². The van der Waals surface area contributed by atoms with Gasteiger partial charge in [0.25, 0.3) is 0 Å². The van der Waals surface area contributed by atoms with Crippen LogP contribution in [0.15, 0.2) is 24.3 Å². The lowest BCUT2D eigenvalue weighted by Gasteiger charge is -2.26. The van der Waals surface area contributed by atoms with Gasteiger partial charge in [-0.25, -0.2) is 0 Å². The predicted molar refractivity (Wildman–Crippen MR) is 81.4 cm³/mol. The molecule has 1 aromatic rings. The van der Waals surface area contributed by atoms with Crippen LogP contribution in [-0.4, -0.2) is 17.7 Å². The second-order valence-corrected chi connectivity index (χ2v) is 5.49. The van der Waals surface area contributed by atoms with Crippen LogP contribution in [0, 0.1) is 5.41 Å². The van der Waals surface area contributed by atoms with E-state index in [0.717, 1.165) is 18.6 Å².